The van der Waals surface area contributed by atoms with Crippen LogP contribution in [0.1, 0.15) is 42.1 Å². The van der Waals surface area contributed by atoms with Gasteiger partial charge in [-0.05, 0) is 49.4 Å². The first-order valence-electron chi connectivity index (χ1n) is 6.73. The third-order valence-electron chi connectivity index (χ3n) is 3.21. The number of aliphatic hydroxyl groups is 1. The van der Waals surface area contributed by atoms with Crippen molar-refractivity contribution in [3.8, 4) is 0 Å². The van der Waals surface area contributed by atoms with E-state index in [1.807, 2.05) is 0 Å². The Morgan fingerprint density at radius 1 is 1.42 bits per heavy atom. The van der Waals surface area contributed by atoms with E-state index in [1.54, 1.807) is 13.0 Å². The van der Waals surface area contributed by atoms with E-state index in [0.717, 1.165) is 12.8 Å². The van der Waals surface area contributed by atoms with Gasteiger partial charge in [0, 0.05) is 18.7 Å². The molecule has 106 valence electrons. The molecule has 1 amide bonds. The minimum Gasteiger partial charge on any atom is -0.396 e. The molecule has 0 bridgehead atoms. The first-order chi connectivity index (χ1) is 9.08. The van der Waals surface area contributed by atoms with Crippen LogP contribution in [-0.4, -0.2) is 24.2 Å². The molecule has 2 N–H and O–H groups in total. The third kappa shape index (κ3) is 4.99. The second-order valence-electron chi connectivity index (χ2n) is 4.84. The summed E-state index contributed by atoms with van der Waals surface area (Å²) < 4.78 is 13.1. The van der Waals surface area contributed by atoms with Gasteiger partial charge in [0.15, 0.2) is 0 Å². The van der Waals surface area contributed by atoms with Gasteiger partial charge in [-0.15, -0.1) is 0 Å². The van der Waals surface area contributed by atoms with E-state index in [9.17, 15) is 9.18 Å². The number of hydrogen-bond donors (Lipinski definition) is 2. The highest BCUT2D eigenvalue weighted by Crippen LogP contribution is 2.11. The van der Waals surface area contributed by atoms with Gasteiger partial charge < -0.3 is 10.4 Å². The van der Waals surface area contributed by atoms with Crippen LogP contribution < -0.4 is 5.32 Å². The van der Waals surface area contributed by atoms with Gasteiger partial charge >= 0.3 is 0 Å². The van der Waals surface area contributed by atoms with E-state index >= 15 is 0 Å². The zero-order valence-corrected chi connectivity index (χ0v) is 11.6. The number of amides is 1. The van der Waals surface area contributed by atoms with Crippen LogP contribution in [0.5, 0.6) is 0 Å². The molecule has 1 unspecified atom stereocenters. The van der Waals surface area contributed by atoms with Crippen molar-refractivity contribution in [3.63, 3.8) is 0 Å². The van der Waals surface area contributed by atoms with Gasteiger partial charge in [-0.2, -0.15) is 0 Å². The molecule has 1 atom stereocenters. The lowest BCUT2D eigenvalue weighted by atomic mass is 10.00. The number of nitrogens with one attached hydrogen (secondary N) is 1. The number of aliphatic hydroxyl groups excluding tert-OH is 1. The minimum atomic E-state index is -0.305. The van der Waals surface area contributed by atoms with Crippen molar-refractivity contribution in [1.82, 2.24) is 5.32 Å². The Morgan fingerprint density at radius 3 is 2.74 bits per heavy atom. The molecule has 0 fully saturated rings. The quantitative estimate of drug-likeness (QED) is 0.798. The second-order valence-corrected chi connectivity index (χ2v) is 4.84. The number of rotatable bonds is 7. The summed E-state index contributed by atoms with van der Waals surface area (Å²) >= 11 is 0. The normalized spacial score (nSPS) is 12.2. The summed E-state index contributed by atoms with van der Waals surface area (Å²) in [6.07, 6.45) is 2.69. The smallest absolute Gasteiger partial charge is 0.251 e. The van der Waals surface area contributed by atoms with Crippen molar-refractivity contribution < 1.29 is 14.3 Å². The highest BCUT2D eigenvalue weighted by atomic mass is 19.1. The van der Waals surface area contributed by atoms with Crippen LogP contribution in [0.2, 0.25) is 0 Å². The Balaban J connectivity index is 2.56. The van der Waals surface area contributed by atoms with Gasteiger partial charge in [-0.3, -0.25) is 4.79 Å². The second kappa shape index (κ2) is 7.89. The van der Waals surface area contributed by atoms with Crippen molar-refractivity contribution in [1.29, 1.82) is 0 Å². The van der Waals surface area contributed by atoms with Crippen molar-refractivity contribution in [2.24, 2.45) is 5.92 Å². The van der Waals surface area contributed by atoms with Gasteiger partial charge in [-0.25, -0.2) is 4.39 Å². The molecule has 0 saturated carbocycles. The van der Waals surface area contributed by atoms with E-state index in [2.05, 4.69) is 12.2 Å². The van der Waals surface area contributed by atoms with Crippen molar-refractivity contribution >= 4 is 5.91 Å². The fourth-order valence-corrected chi connectivity index (χ4v) is 2.06. The Morgan fingerprint density at radius 2 is 2.16 bits per heavy atom. The summed E-state index contributed by atoms with van der Waals surface area (Å²) in [4.78, 5) is 11.9. The van der Waals surface area contributed by atoms with Gasteiger partial charge in [0.25, 0.3) is 5.91 Å². The molecule has 1 aromatic carbocycles. The first kappa shape index (κ1) is 15.6. The molecule has 0 aromatic heterocycles. The lowest BCUT2D eigenvalue weighted by Crippen LogP contribution is -2.29. The molecule has 0 saturated heterocycles. The Hall–Kier alpha value is -1.42. The van der Waals surface area contributed by atoms with E-state index in [1.165, 1.54) is 12.1 Å². The van der Waals surface area contributed by atoms with Crippen molar-refractivity contribution in [2.75, 3.05) is 13.2 Å². The Bertz CT molecular complexity index is 415. The minimum absolute atomic E-state index is 0.135. The molecule has 4 heteroatoms. The number of carbonyl (C=O) groups is 1. The number of halogens is 1. The lowest BCUT2D eigenvalue weighted by molar-refractivity contribution is 0.0942. The van der Waals surface area contributed by atoms with Crippen LogP contribution in [0.3, 0.4) is 0 Å². The number of carbonyl (C=O) groups excluding carboxylic acids is 1. The Labute approximate surface area is 113 Å². The maximum atomic E-state index is 13.1. The van der Waals surface area contributed by atoms with Crippen LogP contribution in [0.25, 0.3) is 0 Å². The predicted molar refractivity (Wildman–Crippen MR) is 73.6 cm³/mol. The molecule has 1 rings (SSSR count). The molecule has 0 aliphatic carbocycles. The molecular weight excluding hydrogens is 245 g/mol. The van der Waals surface area contributed by atoms with Crippen LogP contribution in [0.4, 0.5) is 4.39 Å². The summed E-state index contributed by atoms with van der Waals surface area (Å²) in [5, 5.41) is 11.8. The summed E-state index contributed by atoms with van der Waals surface area (Å²) in [5.41, 5.74) is 0.936. The number of benzene rings is 1. The molecule has 0 spiro atoms. The first-order valence-corrected chi connectivity index (χ1v) is 6.73. The summed E-state index contributed by atoms with van der Waals surface area (Å²) in [6.45, 7) is 4.40. The van der Waals surface area contributed by atoms with Gasteiger partial charge in [-0.1, -0.05) is 13.3 Å². The van der Waals surface area contributed by atoms with Gasteiger partial charge in [0.05, 0.1) is 0 Å². The van der Waals surface area contributed by atoms with Crippen LogP contribution >= 0.6 is 0 Å². The van der Waals surface area contributed by atoms with E-state index in [-0.39, 0.29) is 18.3 Å². The molecule has 3 nitrogen and oxygen atoms in total. The zero-order chi connectivity index (χ0) is 14.3. The van der Waals surface area contributed by atoms with Gasteiger partial charge in [0.1, 0.15) is 5.82 Å². The molecular formula is C15H22FNO2. The molecule has 0 aliphatic heterocycles. The van der Waals surface area contributed by atoms with Crippen molar-refractivity contribution in [2.45, 2.75) is 33.1 Å². The summed E-state index contributed by atoms with van der Waals surface area (Å²) in [6, 6.07) is 4.34. The van der Waals surface area contributed by atoms with Crippen LogP contribution in [0, 0.1) is 18.7 Å². The molecule has 1 aromatic rings. The number of hydrogen-bond acceptors (Lipinski definition) is 2. The summed E-state index contributed by atoms with van der Waals surface area (Å²) in [7, 11) is 0. The monoisotopic (exact) mass is 267 g/mol. The average Bonchev–Trinajstić information content (AvgIpc) is 2.39. The predicted octanol–water partition coefficient (Wildman–Crippen LogP) is 2.66. The maximum Gasteiger partial charge on any atom is 0.251 e. The molecule has 0 aliphatic rings. The van der Waals surface area contributed by atoms with E-state index in [0.29, 0.717) is 30.0 Å². The topological polar surface area (TPSA) is 49.3 Å². The molecule has 0 heterocycles. The van der Waals surface area contributed by atoms with Crippen LogP contribution in [0.15, 0.2) is 18.2 Å². The largest absolute Gasteiger partial charge is 0.396 e. The summed E-state index contributed by atoms with van der Waals surface area (Å²) in [5.74, 6) is -0.205. The molecule has 19 heavy (non-hydrogen) atoms. The third-order valence-corrected chi connectivity index (χ3v) is 3.21. The van der Waals surface area contributed by atoms with E-state index in [4.69, 9.17) is 5.11 Å². The van der Waals surface area contributed by atoms with E-state index < -0.39 is 0 Å². The zero-order valence-electron chi connectivity index (χ0n) is 11.6. The Kier molecular flexibility index (Phi) is 6.50. The van der Waals surface area contributed by atoms with Crippen molar-refractivity contribution in [3.05, 3.63) is 35.1 Å². The fraction of sp³-hybridized carbons (Fsp3) is 0.533. The maximum absolute atomic E-state index is 13.1. The lowest BCUT2D eigenvalue weighted by Gasteiger charge is -2.15. The average molecular weight is 267 g/mol. The van der Waals surface area contributed by atoms with Crippen LogP contribution in [-0.2, 0) is 0 Å². The standard InChI is InChI=1S/C15H22FNO2/c1-3-4-12(7-8-18)10-17-15(19)13-5-6-14(16)11(2)9-13/h5-6,9,12,18H,3-4,7-8,10H2,1-2H3,(H,17,19). The fourth-order valence-electron chi connectivity index (χ4n) is 2.06. The number of aryl methyl sites for hydroxylation is 1. The SMILES string of the molecule is CCCC(CCO)CNC(=O)c1ccc(F)c(C)c1. The highest BCUT2D eigenvalue weighted by Gasteiger charge is 2.11. The van der Waals surface area contributed by atoms with Gasteiger partial charge in [0.2, 0.25) is 0 Å². The highest BCUT2D eigenvalue weighted by molar-refractivity contribution is 5.94. The molecule has 0 radical (unpaired) electrons.